The summed E-state index contributed by atoms with van der Waals surface area (Å²) in [5.41, 5.74) is 2.01. The number of methoxy groups -OCH3 is 1. The Kier molecular flexibility index (Phi) is 6.60. The van der Waals surface area contributed by atoms with Gasteiger partial charge in [0.25, 0.3) is 0 Å². The number of esters is 1. The summed E-state index contributed by atoms with van der Waals surface area (Å²) in [5, 5.41) is 18.6. The van der Waals surface area contributed by atoms with Crippen molar-refractivity contribution in [1.82, 2.24) is 24.7 Å². The number of para-hydroxylation sites is 1. The average Bonchev–Trinajstić information content (AvgIpc) is 3.26. The molecule has 0 atom stereocenters. The van der Waals surface area contributed by atoms with E-state index in [4.69, 9.17) is 14.5 Å². The van der Waals surface area contributed by atoms with Crippen LogP contribution in [0.5, 0.6) is 5.75 Å². The molecule has 0 fully saturated rings. The van der Waals surface area contributed by atoms with Crippen LogP contribution < -0.4 is 10.1 Å². The maximum Gasteiger partial charge on any atom is 0.343 e. The Morgan fingerprint density at radius 3 is 2.82 bits per heavy atom. The number of benzene rings is 1. The Bertz CT molecular complexity index is 1430. The first-order chi connectivity index (χ1) is 16.5. The first kappa shape index (κ1) is 23.0. The molecule has 0 radical (unpaired) electrons. The molecule has 1 aromatic carbocycles. The molecular formula is C23H21N7O3S. The standard InChI is InChI=1S/C23H21N7O3S/c1-5-33-22(31)16-12-25-23(34-4)29-20(16)28-21-14(10-24)11-26-30(21)18-9-13(2)15-7-6-8-17(32-3)19(15)27-18/h6-9,11-12H,5H2,1-4H3,(H,25,28,29). The number of nitrogens with one attached hydrogen (secondary N) is 1. The van der Waals surface area contributed by atoms with Gasteiger partial charge in [0.05, 0.1) is 19.9 Å². The lowest BCUT2D eigenvalue weighted by Gasteiger charge is -2.14. The van der Waals surface area contributed by atoms with E-state index in [2.05, 4.69) is 26.5 Å². The van der Waals surface area contributed by atoms with Crippen LogP contribution in [0.15, 0.2) is 41.8 Å². The average molecular weight is 476 g/mol. The molecule has 10 nitrogen and oxygen atoms in total. The highest BCUT2D eigenvalue weighted by Crippen LogP contribution is 2.30. The molecule has 4 rings (SSSR count). The molecule has 0 saturated heterocycles. The number of carbonyl (C=O) groups excluding carboxylic acids is 1. The SMILES string of the molecule is CCOC(=O)c1cnc(SC)nc1Nc1c(C#N)cnn1-c1cc(C)c2cccc(OC)c2n1. The summed E-state index contributed by atoms with van der Waals surface area (Å²) in [5.74, 6) is 1.02. The number of hydrogen-bond donors (Lipinski definition) is 1. The highest BCUT2D eigenvalue weighted by atomic mass is 32.2. The number of carbonyl (C=O) groups is 1. The van der Waals surface area contributed by atoms with Crippen molar-refractivity contribution in [3.8, 4) is 17.6 Å². The summed E-state index contributed by atoms with van der Waals surface area (Å²) < 4.78 is 12.1. The maximum absolute atomic E-state index is 12.5. The molecular weight excluding hydrogens is 454 g/mol. The lowest BCUT2D eigenvalue weighted by molar-refractivity contribution is 0.0526. The van der Waals surface area contributed by atoms with Gasteiger partial charge in [-0.05, 0) is 37.8 Å². The fraction of sp³-hybridized carbons (Fsp3) is 0.217. The van der Waals surface area contributed by atoms with E-state index in [-0.39, 0.29) is 23.6 Å². The highest BCUT2D eigenvalue weighted by molar-refractivity contribution is 7.98. The number of nitriles is 1. The topological polar surface area (TPSA) is 128 Å². The van der Waals surface area contributed by atoms with Crippen molar-refractivity contribution in [3.05, 3.63) is 53.3 Å². The number of pyridine rings is 1. The Balaban J connectivity index is 1.87. The van der Waals surface area contributed by atoms with Gasteiger partial charge in [-0.2, -0.15) is 15.0 Å². The van der Waals surface area contributed by atoms with Crippen LogP contribution in [-0.4, -0.2) is 50.7 Å². The van der Waals surface area contributed by atoms with E-state index in [0.717, 1.165) is 10.9 Å². The molecule has 0 aliphatic heterocycles. The number of aromatic nitrogens is 5. The molecule has 0 aliphatic rings. The first-order valence-electron chi connectivity index (χ1n) is 10.3. The molecule has 3 aromatic heterocycles. The van der Waals surface area contributed by atoms with Crippen molar-refractivity contribution in [3.63, 3.8) is 0 Å². The zero-order valence-corrected chi connectivity index (χ0v) is 19.8. The summed E-state index contributed by atoms with van der Waals surface area (Å²) in [6.07, 6.45) is 4.64. The monoisotopic (exact) mass is 475 g/mol. The lowest BCUT2D eigenvalue weighted by atomic mass is 10.1. The maximum atomic E-state index is 12.5. The molecule has 4 aromatic rings. The van der Waals surface area contributed by atoms with Gasteiger partial charge in [0, 0.05) is 11.6 Å². The van der Waals surface area contributed by atoms with Gasteiger partial charge in [-0.25, -0.2) is 19.7 Å². The zero-order valence-electron chi connectivity index (χ0n) is 19.0. The molecule has 1 N–H and O–H groups in total. The van der Waals surface area contributed by atoms with Crippen molar-refractivity contribution in [1.29, 1.82) is 5.26 Å². The fourth-order valence-corrected chi connectivity index (χ4v) is 3.74. The largest absolute Gasteiger partial charge is 0.494 e. The summed E-state index contributed by atoms with van der Waals surface area (Å²) >= 11 is 1.32. The van der Waals surface area contributed by atoms with Gasteiger partial charge in [0.2, 0.25) is 0 Å². The second-order valence-corrected chi connectivity index (χ2v) is 7.82. The number of nitrogens with zero attached hydrogens (tertiary/aromatic N) is 6. The minimum absolute atomic E-state index is 0.139. The molecule has 0 spiro atoms. The Labute approximate surface area is 200 Å². The van der Waals surface area contributed by atoms with E-state index in [1.165, 1.54) is 28.8 Å². The van der Waals surface area contributed by atoms with Crippen LogP contribution in [0.1, 0.15) is 28.4 Å². The predicted molar refractivity (Wildman–Crippen MR) is 128 cm³/mol. The smallest absolute Gasteiger partial charge is 0.343 e. The van der Waals surface area contributed by atoms with E-state index in [1.807, 2.05) is 37.4 Å². The third-order valence-corrected chi connectivity index (χ3v) is 5.57. The summed E-state index contributed by atoms with van der Waals surface area (Å²) in [4.78, 5) is 25.8. The molecule has 34 heavy (non-hydrogen) atoms. The van der Waals surface area contributed by atoms with Crippen molar-refractivity contribution in [2.75, 3.05) is 25.3 Å². The van der Waals surface area contributed by atoms with E-state index < -0.39 is 5.97 Å². The minimum atomic E-state index is -0.577. The van der Waals surface area contributed by atoms with Crippen LogP contribution in [0.4, 0.5) is 11.6 Å². The minimum Gasteiger partial charge on any atom is -0.494 e. The summed E-state index contributed by atoms with van der Waals surface area (Å²) in [6.45, 7) is 3.88. The first-order valence-corrected chi connectivity index (χ1v) is 11.5. The van der Waals surface area contributed by atoms with Crippen molar-refractivity contribution in [2.45, 2.75) is 19.0 Å². The molecule has 0 unspecified atom stereocenters. The third-order valence-electron chi connectivity index (χ3n) is 5.00. The Hall–Kier alpha value is -4.17. The molecule has 0 saturated carbocycles. The van der Waals surface area contributed by atoms with Crippen LogP contribution in [0.25, 0.3) is 16.7 Å². The Morgan fingerprint density at radius 1 is 1.29 bits per heavy atom. The highest BCUT2D eigenvalue weighted by Gasteiger charge is 2.21. The van der Waals surface area contributed by atoms with Crippen LogP contribution in [-0.2, 0) is 4.74 Å². The van der Waals surface area contributed by atoms with Crippen LogP contribution in [0.2, 0.25) is 0 Å². The third kappa shape index (κ3) is 4.23. The molecule has 0 aliphatic carbocycles. The zero-order chi connectivity index (χ0) is 24.2. The molecule has 0 bridgehead atoms. The second kappa shape index (κ2) is 9.76. The van der Waals surface area contributed by atoms with Gasteiger partial charge >= 0.3 is 5.97 Å². The normalized spacial score (nSPS) is 10.7. The number of ether oxygens (including phenoxy) is 2. The van der Waals surface area contributed by atoms with E-state index in [9.17, 15) is 10.1 Å². The molecule has 3 heterocycles. The summed E-state index contributed by atoms with van der Waals surface area (Å²) in [6, 6.07) is 9.68. The van der Waals surface area contributed by atoms with E-state index in [1.54, 1.807) is 14.0 Å². The van der Waals surface area contributed by atoms with Gasteiger partial charge < -0.3 is 14.8 Å². The van der Waals surface area contributed by atoms with Gasteiger partial charge in [-0.15, -0.1) is 0 Å². The second-order valence-electron chi connectivity index (χ2n) is 7.05. The number of hydrogen-bond acceptors (Lipinski definition) is 10. The molecule has 172 valence electrons. The van der Waals surface area contributed by atoms with E-state index in [0.29, 0.717) is 28.1 Å². The molecule has 0 amide bonds. The quantitative estimate of drug-likeness (QED) is 0.237. The lowest BCUT2D eigenvalue weighted by Crippen LogP contribution is -2.13. The number of aryl methyl sites for hydroxylation is 1. The van der Waals surface area contributed by atoms with Crippen molar-refractivity contribution >= 4 is 40.3 Å². The number of thioether (sulfide) groups is 1. The van der Waals surface area contributed by atoms with Crippen molar-refractivity contribution in [2.24, 2.45) is 0 Å². The predicted octanol–water partition coefficient (Wildman–Crippen LogP) is 4.04. The summed E-state index contributed by atoms with van der Waals surface area (Å²) in [7, 11) is 1.59. The van der Waals surface area contributed by atoms with Gasteiger partial charge in [-0.3, -0.25) is 0 Å². The number of anilines is 2. The van der Waals surface area contributed by atoms with Gasteiger partial charge in [-0.1, -0.05) is 23.9 Å². The van der Waals surface area contributed by atoms with E-state index >= 15 is 0 Å². The number of fused-ring (bicyclic) bond motifs is 1. The van der Waals surface area contributed by atoms with Crippen molar-refractivity contribution < 1.29 is 14.3 Å². The van der Waals surface area contributed by atoms with Crippen LogP contribution in [0, 0.1) is 18.3 Å². The Morgan fingerprint density at radius 2 is 2.12 bits per heavy atom. The fourth-order valence-electron chi connectivity index (χ4n) is 3.40. The van der Waals surface area contributed by atoms with Crippen LogP contribution in [0.3, 0.4) is 0 Å². The van der Waals surface area contributed by atoms with Gasteiger partial charge in [0.15, 0.2) is 22.6 Å². The van der Waals surface area contributed by atoms with Crippen LogP contribution >= 0.6 is 11.8 Å². The van der Waals surface area contributed by atoms with Gasteiger partial charge in [0.1, 0.15) is 28.5 Å². The number of rotatable bonds is 7. The molecule has 11 heteroatoms.